The summed E-state index contributed by atoms with van der Waals surface area (Å²) in [6.07, 6.45) is 10.4. The molecule has 1 atom stereocenters. The van der Waals surface area contributed by atoms with Gasteiger partial charge in [-0.2, -0.15) is 0 Å². The summed E-state index contributed by atoms with van der Waals surface area (Å²) in [5, 5.41) is 0. The number of likely N-dealkylation sites (tertiary alicyclic amines) is 2. The van der Waals surface area contributed by atoms with Crippen molar-refractivity contribution >= 4 is 5.91 Å². The van der Waals surface area contributed by atoms with E-state index in [4.69, 9.17) is 0 Å². The lowest BCUT2D eigenvalue weighted by Gasteiger charge is -2.29. The van der Waals surface area contributed by atoms with Gasteiger partial charge in [-0.05, 0) is 45.1 Å². The molecule has 0 unspecified atom stereocenters. The lowest BCUT2D eigenvalue weighted by atomic mass is 10.0. The van der Waals surface area contributed by atoms with Crippen molar-refractivity contribution in [3.63, 3.8) is 0 Å². The van der Waals surface area contributed by atoms with E-state index in [1.54, 1.807) is 0 Å². The van der Waals surface area contributed by atoms with Crippen LogP contribution in [0.15, 0.2) is 0 Å². The molecule has 0 spiro atoms. The highest BCUT2D eigenvalue weighted by atomic mass is 16.2. The van der Waals surface area contributed by atoms with Crippen LogP contribution in [0.1, 0.15) is 51.4 Å². The molecular formula is C15H26N2O. The second kappa shape index (κ2) is 5.60. The fourth-order valence-electron chi connectivity index (χ4n) is 3.96. The Morgan fingerprint density at radius 1 is 0.833 bits per heavy atom. The number of carbonyl (C=O) groups excluding carboxylic acids is 1. The second-order valence-corrected chi connectivity index (χ2v) is 6.30. The molecule has 1 aliphatic carbocycles. The van der Waals surface area contributed by atoms with E-state index in [0.29, 0.717) is 11.8 Å². The standard InChI is InChI=1S/C15H26N2O/c18-15(16-9-4-1-5-10-16)13-8-11-17(12-13)14-6-2-3-7-14/h13-14H,1-12H2/t13-/m0/s1. The summed E-state index contributed by atoms with van der Waals surface area (Å²) in [5.41, 5.74) is 0. The lowest BCUT2D eigenvalue weighted by molar-refractivity contribution is -0.136. The maximum atomic E-state index is 12.5. The number of carbonyl (C=O) groups is 1. The molecule has 2 aliphatic heterocycles. The van der Waals surface area contributed by atoms with Crippen LogP contribution in [0.4, 0.5) is 0 Å². The predicted octanol–water partition coefficient (Wildman–Crippen LogP) is 2.26. The van der Waals surface area contributed by atoms with E-state index in [1.165, 1.54) is 44.9 Å². The fraction of sp³-hybridized carbons (Fsp3) is 0.933. The molecule has 3 aliphatic rings. The second-order valence-electron chi connectivity index (χ2n) is 6.30. The van der Waals surface area contributed by atoms with Gasteiger partial charge in [-0.25, -0.2) is 0 Å². The van der Waals surface area contributed by atoms with Gasteiger partial charge in [0.15, 0.2) is 0 Å². The molecular weight excluding hydrogens is 224 g/mol. The zero-order valence-electron chi connectivity index (χ0n) is 11.4. The number of hydrogen-bond acceptors (Lipinski definition) is 2. The molecule has 3 heteroatoms. The Hall–Kier alpha value is -0.570. The first kappa shape index (κ1) is 12.5. The quantitative estimate of drug-likeness (QED) is 0.750. The third kappa shape index (κ3) is 2.56. The van der Waals surface area contributed by atoms with Crippen LogP contribution in [0, 0.1) is 5.92 Å². The third-order valence-electron chi connectivity index (χ3n) is 5.08. The largest absolute Gasteiger partial charge is 0.342 e. The topological polar surface area (TPSA) is 23.6 Å². The van der Waals surface area contributed by atoms with Gasteiger partial charge in [-0.3, -0.25) is 9.69 Å². The summed E-state index contributed by atoms with van der Waals surface area (Å²) >= 11 is 0. The highest BCUT2D eigenvalue weighted by Crippen LogP contribution is 2.29. The van der Waals surface area contributed by atoms with Crippen LogP contribution in [0.25, 0.3) is 0 Å². The van der Waals surface area contributed by atoms with Gasteiger partial charge in [-0.1, -0.05) is 12.8 Å². The van der Waals surface area contributed by atoms with E-state index in [0.717, 1.165) is 38.6 Å². The Kier molecular flexibility index (Phi) is 3.88. The maximum Gasteiger partial charge on any atom is 0.227 e. The fourth-order valence-corrected chi connectivity index (χ4v) is 3.96. The van der Waals surface area contributed by atoms with Crippen molar-refractivity contribution in [1.82, 2.24) is 9.80 Å². The molecule has 102 valence electrons. The normalized spacial score (nSPS) is 31.1. The van der Waals surface area contributed by atoms with Crippen LogP contribution in [-0.4, -0.2) is 47.9 Å². The third-order valence-corrected chi connectivity index (χ3v) is 5.08. The van der Waals surface area contributed by atoms with Crippen molar-refractivity contribution < 1.29 is 4.79 Å². The number of rotatable bonds is 2. The molecule has 1 saturated carbocycles. The smallest absolute Gasteiger partial charge is 0.227 e. The average Bonchev–Trinajstić information content (AvgIpc) is 3.09. The zero-order valence-corrected chi connectivity index (χ0v) is 11.4. The SMILES string of the molecule is O=C([C@H]1CCN(C2CCCC2)C1)N1CCCCC1. The van der Waals surface area contributed by atoms with Gasteiger partial charge in [0.2, 0.25) is 5.91 Å². The summed E-state index contributed by atoms with van der Waals surface area (Å²) in [5.74, 6) is 0.763. The van der Waals surface area contributed by atoms with Crippen molar-refractivity contribution in [2.24, 2.45) is 5.92 Å². The maximum absolute atomic E-state index is 12.5. The van der Waals surface area contributed by atoms with Crippen LogP contribution in [0.2, 0.25) is 0 Å². The van der Waals surface area contributed by atoms with Crippen LogP contribution >= 0.6 is 0 Å². The molecule has 2 saturated heterocycles. The number of hydrogen-bond donors (Lipinski definition) is 0. The molecule has 0 aromatic rings. The molecule has 3 fully saturated rings. The van der Waals surface area contributed by atoms with Crippen molar-refractivity contribution in [3.05, 3.63) is 0 Å². The minimum atomic E-state index is 0.309. The molecule has 1 amide bonds. The first-order valence-corrected chi connectivity index (χ1v) is 7.87. The summed E-state index contributed by atoms with van der Waals surface area (Å²) in [6, 6.07) is 0.796. The summed E-state index contributed by atoms with van der Waals surface area (Å²) in [6.45, 7) is 4.23. The van der Waals surface area contributed by atoms with Gasteiger partial charge in [0.25, 0.3) is 0 Å². The van der Waals surface area contributed by atoms with E-state index in [9.17, 15) is 4.79 Å². The predicted molar refractivity (Wildman–Crippen MR) is 72.4 cm³/mol. The van der Waals surface area contributed by atoms with Gasteiger partial charge in [0, 0.05) is 25.7 Å². The average molecular weight is 250 g/mol. The summed E-state index contributed by atoms with van der Waals surface area (Å²) in [7, 11) is 0. The minimum Gasteiger partial charge on any atom is -0.342 e. The molecule has 0 aromatic heterocycles. The van der Waals surface area contributed by atoms with Crippen LogP contribution in [0.3, 0.4) is 0 Å². The summed E-state index contributed by atoms with van der Waals surface area (Å²) in [4.78, 5) is 17.2. The molecule has 2 heterocycles. The first-order chi connectivity index (χ1) is 8.84. The van der Waals surface area contributed by atoms with Crippen molar-refractivity contribution in [2.75, 3.05) is 26.2 Å². The van der Waals surface area contributed by atoms with Crippen molar-refractivity contribution in [2.45, 2.75) is 57.4 Å². The van der Waals surface area contributed by atoms with Crippen LogP contribution < -0.4 is 0 Å². The summed E-state index contributed by atoms with van der Waals surface area (Å²) < 4.78 is 0. The molecule has 0 N–H and O–H groups in total. The lowest BCUT2D eigenvalue weighted by Crippen LogP contribution is -2.41. The van der Waals surface area contributed by atoms with Crippen molar-refractivity contribution in [3.8, 4) is 0 Å². The molecule has 3 nitrogen and oxygen atoms in total. The van der Waals surface area contributed by atoms with E-state index in [2.05, 4.69) is 9.80 Å². The van der Waals surface area contributed by atoms with Crippen LogP contribution in [-0.2, 0) is 4.79 Å². The Balaban J connectivity index is 1.52. The van der Waals surface area contributed by atoms with E-state index >= 15 is 0 Å². The molecule has 0 radical (unpaired) electrons. The molecule has 0 bridgehead atoms. The van der Waals surface area contributed by atoms with Gasteiger partial charge < -0.3 is 4.90 Å². The van der Waals surface area contributed by atoms with E-state index in [-0.39, 0.29) is 0 Å². The Labute approximate surface area is 111 Å². The van der Waals surface area contributed by atoms with E-state index < -0.39 is 0 Å². The number of amides is 1. The zero-order chi connectivity index (χ0) is 12.4. The van der Waals surface area contributed by atoms with Gasteiger partial charge in [0.1, 0.15) is 0 Å². The minimum absolute atomic E-state index is 0.309. The van der Waals surface area contributed by atoms with Gasteiger partial charge in [0.05, 0.1) is 5.92 Å². The monoisotopic (exact) mass is 250 g/mol. The first-order valence-electron chi connectivity index (χ1n) is 7.87. The Morgan fingerprint density at radius 3 is 2.28 bits per heavy atom. The van der Waals surface area contributed by atoms with Gasteiger partial charge in [-0.15, -0.1) is 0 Å². The van der Waals surface area contributed by atoms with Crippen LogP contribution in [0.5, 0.6) is 0 Å². The Bertz CT molecular complexity index is 293. The highest BCUT2D eigenvalue weighted by Gasteiger charge is 2.35. The molecule has 0 aromatic carbocycles. The molecule has 3 rings (SSSR count). The molecule has 18 heavy (non-hydrogen) atoms. The number of piperidine rings is 1. The highest BCUT2D eigenvalue weighted by molar-refractivity contribution is 5.79. The Morgan fingerprint density at radius 2 is 1.56 bits per heavy atom. The number of nitrogens with zero attached hydrogens (tertiary/aromatic N) is 2. The van der Waals surface area contributed by atoms with Gasteiger partial charge >= 0.3 is 0 Å². The van der Waals surface area contributed by atoms with Crippen molar-refractivity contribution in [1.29, 1.82) is 0 Å². The van der Waals surface area contributed by atoms with E-state index in [1.807, 2.05) is 0 Å².